The largest absolute Gasteiger partial charge is 0.507 e. The van der Waals surface area contributed by atoms with E-state index in [1.165, 1.54) is 13.2 Å². The summed E-state index contributed by atoms with van der Waals surface area (Å²) in [6.45, 7) is 3.72. The maximum atomic E-state index is 14.1. The lowest BCUT2D eigenvalue weighted by molar-refractivity contribution is 0.406. The van der Waals surface area contributed by atoms with Gasteiger partial charge in [-0.1, -0.05) is 42.5 Å². The Morgan fingerprint density at radius 2 is 1.16 bits per heavy atom. The van der Waals surface area contributed by atoms with E-state index in [1.807, 2.05) is 88.6 Å². The van der Waals surface area contributed by atoms with Crippen LogP contribution < -0.4 is 15.9 Å². The first-order chi connectivity index (χ1) is 18.3. The zero-order valence-corrected chi connectivity index (χ0v) is 22.0. The lowest BCUT2D eigenvalue weighted by atomic mass is 9.84. The molecule has 1 N–H and O–H groups in total. The van der Waals surface area contributed by atoms with Crippen molar-refractivity contribution < 1.29 is 9.84 Å². The van der Waals surface area contributed by atoms with Crippen LogP contribution in [0.25, 0.3) is 11.4 Å². The quantitative estimate of drug-likeness (QED) is 0.372. The molecule has 5 aromatic rings. The Kier molecular flexibility index (Phi) is 6.32. The van der Waals surface area contributed by atoms with Crippen LogP contribution in [-0.4, -0.2) is 30.9 Å². The van der Waals surface area contributed by atoms with Crippen molar-refractivity contribution in [2.45, 2.75) is 19.8 Å². The molecule has 0 spiro atoms. The molecule has 0 aliphatic carbocycles. The van der Waals surface area contributed by atoms with Crippen LogP contribution in [0.5, 0.6) is 11.5 Å². The van der Waals surface area contributed by atoms with Crippen molar-refractivity contribution in [2.24, 2.45) is 14.1 Å². The molecule has 3 aromatic carbocycles. The zero-order valence-electron chi connectivity index (χ0n) is 22.0. The van der Waals surface area contributed by atoms with Crippen LogP contribution in [0.2, 0.25) is 0 Å². The average molecular weight is 511 g/mol. The summed E-state index contributed by atoms with van der Waals surface area (Å²) in [5, 5.41) is 11.2. The number of aromatic nitrogens is 4. The molecule has 2 heterocycles. The highest BCUT2D eigenvalue weighted by Gasteiger charge is 2.34. The van der Waals surface area contributed by atoms with Gasteiger partial charge >= 0.3 is 0 Å². The highest BCUT2D eigenvalue weighted by atomic mass is 16.5. The van der Waals surface area contributed by atoms with Gasteiger partial charge in [-0.25, -0.2) is 9.36 Å². The van der Waals surface area contributed by atoms with Crippen molar-refractivity contribution in [3.63, 3.8) is 0 Å². The number of benzene rings is 3. The topological polar surface area (TPSA) is 83.3 Å². The number of phenolic OH excluding ortho intramolecular Hbond substituents is 1. The minimum Gasteiger partial charge on any atom is -0.507 e. The summed E-state index contributed by atoms with van der Waals surface area (Å²) in [5.74, 6) is -0.409. The standard InChI is InChI=1S/C30H30N4O4/c1-19-26(29(36)33(31(19)3)21-12-8-6-9-13-21)28(24-17-16-23(38-5)18-25(24)35)27-20(2)32(4)34(30(27)37)22-14-10-7-11-15-22/h6-18,28,35H,1-5H3. The molecule has 0 saturated heterocycles. The first-order valence-corrected chi connectivity index (χ1v) is 12.3. The van der Waals surface area contributed by atoms with E-state index in [4.69, 9.17) is 4.74 Å². The van der Waals surface area contributed by atoms with E-state index >= 15 is 0 Å². The molecule has 0 aliphatic rings. The Bertz CT molecular complexity index is 1640. The Balaban J connectivity index is 1.86. The summed E-state index contributed by atoms with van der Waals surface area (Å²) in [6.07, 6.45) is 0. The predicted molar refractivity (Wildman–Crippen MR) is 147 cm³/mol. The van der Waals surface area contributed by atoms with Gasteiger partial charge in [0.2, 0.25) is 0 Å². The third-order valence-corrected chi connectivity index (χ3v) is 7.32. The fraction of sp³-hybridized carbons (Fsp3) is 0.200. The van der Waals surface area contributed by atoms with E-state index in [1.54, 1.807) is 30.9 Å². The molecule has 0 bridgehead atoms. The Labute approximate surface area is 220 Å². The highest BCUT2D eigenvalue weighted by Crippen LogP contribution is 2.39. The van der Waals surface area contributed by atoms with Gasteiger partial charge in [-0.2, -0.15) is 0 Å². The van der Waals surface area contributed by atoms with Crippen molar-refractivity contribution in [1.29, 1.82) is 0 Å². The van der Waals surface area contributed by atoms with Gasteiger partial charge in [-0.05, 0) is 44.2 Å². The lowest BCUT2D eigenvalue weighted by Crippen LogP contribution is -2.26. The van der Waals surface area contributed by atoms with Crippen LogP contribution in [0.4, 0.5) is 0 Å². The van der Waals surface area contributed by atoms with E-state index in [9.17, 15) is 14.7 Å². The first-order valence-electron chi connectivity index (χ1n) is 12.3. The molecule has 0 fully saturated rings. The normalized spacial score (nSPS) is 11.3. The number of aromatic hydroxyl groups is 1. The molecule has 5 rings (SSSR count). The number of ether oxygens (including phenoxy) is 1. The van der Waals surface area contributed by atoms with Gasteiger partial charge in [0.25, 0.3) is 11.1 Å². The molecule has 0 atom stereocenters. The molecule has 0 unspecified atom stereocenters. The molecule has 8 nitrogen and oxygen atoms in total. The summed E-state index contributed by atoms with van der Waals surface area (Å²) in [6, 6.07) is 23.7. The Hall–Kier alpha value is -4.72. The van der Waals surface area contributed by atoms with Crippen molar-refractivity contribution in [3.05, 3.63) is 128 Å². The van der Waals surface area contributed by atoms with E-state index in [0.717, 1.165) is 0 Å². The van der Waals surface area contributed by atoms with E-state index in [0.29, 0.717) is 45.2 Å². The van der Waals surface area contributed by atoms with Crippen molar-refractivity contribution in [3.8, 4) is 22.9 Å². The maximum absolute atomic E-state index is 14.1. The third kappa shape index (κ3) is 3.85. The molecule has 2 aromatic heterocycles. The summed E-state index contributed by atoms with van der Waals surface area (Å²) in [4.78, 5) is 28.3. The van der Waals surface area contributed by atoms with Crippen LogP contribution in [0.3, 0.4) is 0 Å². The van der Waals surface area contributed by atoms with Gasteiger partial charge in [0.1, 0.15) is 11.5 Å². The Morgan fingerprint density at radius 3 is 1.55 bits per heavy atom. The summed E-state index contributed by atoms with van der Waals surface area (Å²) in [5.41, 5.74) is 3.56. The van der Waals surface area contributed by atoms with Crippen molar-refractivity contribution in [1.82, 2.24) is 18.7 Å². The molecular weight excluding hydrogens is 480 g/mol. The molecule has 0 aliphatic heterocycles. The molecule has 8 heteroatoms. The van der Waals surface area contributed by atoms with Gasteiger partial charge in [0, 0.05) is 37.1 Å². The SMILES string of the molecule is COc1ccc(C(c2c(C)n(C)n(-c3ccccc3)c2=O)c2c(C)n(C)n(-c3ccccc3)c2=O)c(O)c1. The van der Waals surface area contributed by atoms with Gasteiger partial charge in [-0.3, -0.25) is 19.0 Å². The summed E-state index contributed by atoms with van der Waals surface area (Å²) >= 11 is 0. The van der Waals surface area contributed by atoms with Gasteiger partial charge in [0.15, 0.2) is 0 Å². The second-order valence-corrected chi connectivity index (χ2v) is 9.31. The number of phenols is 1. The van der Waals surface area contributed by atoms with Crippen LogP contribution in [0.1, 0.15) is 34.0 Å². The highest BCUT2D eigenvalue weighted by molar-refractivity contribution is 5.53. The maximum Gasteiger partial charge on any atom is 0.275 e. The van der Waals surface area contributed by atoms with Crippen molar-refractivity contribution in [2.75, 3.05) is 7.11 Å². The number of para-hydroxylation sites is 2. The first kappa shape index (κ1) is 25.0. The number of hydrogen-bond donors (Lipinski definition) is 1. The average Bonchev–Trinajstić information content (AvgIpc) is 3.28. The molecule has 0 saturated carbocycles. The molecule has 0 amide bonds. The lowest BCUT2D eigenvalue weighted by Gasteiger charge is -2.18. The van der Waals surface area contributed by atoms with Gasteiger partial charge < -0.3 is 9.84 Å². The number of nitrogens with zero attached hydrogens (tertiary/aromatic N) is 4. The third-order valence-electron chi connectivity index (χ3n) is 7.32. The number of hydrogen-bond acceptors (Lipinski definition) is 4. The van der Waals surface area contributed by atoms with Gasteiger partial charge in [0.05, 0.1) is 35.5 Å². The van der Waals surface area contributed by atoms with Crippen LogP contribution in [0, 0.1) is 13.8 Å². The number of rotatable bonds is 6. The van der Waals surface area contributed by atoms with Gasteiger partial charge in [-0.15, -0.1) is 0 Å². The van der Waals surface area contributed by atoms with Crippen LogP contribution >= 0.6 is 0 Å². The minimum atomic E-state index is -0.826. The van der Waals surface area contributed by atoms with Crippen LogP contribution in [0.15, 0.2) is 88.5 Å². The predicted octanol–water partition coefficient (Wildman–Crippen LogP) is 4.18. The summed E-state index contributed by atoms with van der Waals surface area (Å²) < 4.78 is 12.0. The van der Waals surface area contributed by atoms with Crippen molar-refractivity contribution >= 4 is 0 Å². The second kappa shape index (κ2) is 9.63. The van der Waals surface area contributed by atoms with E-state index < -0.39 is 5.92 Å². The van der Waals surface area contributed by atoms with E-state index in [-0.39, 0.29) is 16.9 Å². The fourth-order valence-corrected chi connectivity index (χ4v) is 5.19. The second-order valence-electron chi connectivity index (χ2n) is 9.31. The molecule has 194 valence electrons. The Morgan fingerprint density at radius 1 is 0.711 bits per heavy atom. The van der Waals surface area contributed by atoms with Crippen LogP contribution in [-0.2, 0) is 14.1 Å². The summed E-state index contributed by atoms with van der Waals surface area (Å²) in [7, 11) is 5.15. The smallest absolute Gasteiger partial charge is 0.275 e. The monoisotopic (exact) mass is 510 g/mol. The fourth-order valence-electron chi connectivity index (χ4n) is 5.19. The number of methoxy groups -OCH3 is 1. The minimum absolute atomic E-state index is 0.0582. The molecule has 38 heavy (non-hydrogen) atoms. The molecule has 0 radical (unpaired) electrons. The zero-order chi connectivity index (χ0) is 27.1. The van der Waals surface area contributed by atoms with E-state index in [2.05, 4.69) is 0 Å². The molecular formula is C30H30N4O4.